The maximum atomic E-state index is 11.4. The van der Waals surface area contributed by atoms with E-state index in [9.17, 15) is 4.21 Å². The van der Waals surface area contributed by atoms with Crippen LogP contribution in [0.4, 0.5) is 0 Å². The van der Waals surface area contributed by atoms with E-state index in [1.807, 2.05) is 19.4 Å². The monoisotopic (exact) mass is 315 g/mol. The number of thioether (sulfide) groups is 1. The summed E-state index contributed by atoms with van der Waals surface area (Å²) in [6.07, 6.45) is 7.92. The van der Waals surface area contributed by atoms with Crippen molar-refractivity contribution in [2.45, 2.75) is 26.3 Å². The summed E-state index contributed by atoms with van der Waals surface area (Å²) in [5.74, 6) is 0.342. The smallest absolute Gasteiger partial charge is 0.155 e. The van der Waals surface area contributed by atoms with Crippen LogP contribution in [0.5, 0.6) is 0 Å². The van der Waals surface area contributed by atoms with Gasteiger partial charge in [-0.25, -0.2) is 0 Å². The van der Waals surface area contributed by atoms with E-state index >= 15 is 0 Å². The van der Waals surface area contributed by atoms with E-state index in [1.165, 1.54) is 11.8 Å². The first-order chi connectivity index (χ1) is 9.42. The molecule has 0 aromatic carbocycles. The van der Waals surface area contributed by atoms with E-state index in [1.54, 1.807) is 12.3 Å². The largest absolute Gasteiger partial charge is 0.306 e. The molecule has 0 saturated carbocycles. The minimum Gasteiger partial charge on any atom is -0.306 e. The maximum absolute atomic E-state index is 11.4. The average molecular weight is 316 g/mol. The van der Waals surface area contributed by atoms with Gasteiger partial charge in [-0.1, -0.05) is 26.2 Å². The van der Waals surface area contributed by atoms with Crippen LogP contribution >= 0.6 is 11.8 Å². The van der Waals surface area contributed by atoms with Crippen LogP contribution in [-0.4, -0.2) is 39.9 Å². The van der Waals surface area contributed by atoms with Gasteiger partial charge in [0, 0.05) is 12.5 Å². The van der Waals surface area contributed by atoms with E-state index in [-0.39, 0.29) is 6.04 Å². The number of hydrogen-bond donors (Lipinski definition) is 1. The summed E-state index contributed by atoms with van der Waals surface area (Å²) < 4.78 is 12.1. The molecule has 1 N–H and O–H groups in total. The molecule has 114 valence electrons. The van der Waals surface area contributed by atoms with Crippen LogP contribution in [-0.2, 0) is 10.8 Å². The first-order valence-corrected chi connectivity index (χ1v) is 9.20. The van der Waals surface area contributed by atoms with Crippen LogP contribution in [0, 0.1) is 5.92 Å². The Morgan fingerprint density at radius 3 is 2.65 bits per heavy atom. The van der Waals surface area contributed by atoms with Gasteiger partial charge >= 0.3 is 0 Å². The van der Waals surface area contributed by atoms with Gasteiger partial charge in [-0.15, -0.1) is 11.8 Å². The third-order valence-corrected chi connectivity index (χ3v) is 5.06. The molecular weight excluding hydrogens is 290 g/mol. The third-order valence-electron chi connectivity index (χ3n) is 2.81. The molecule has 4 nitrogen and oxygen atoms in total. The second-order valence-electron chi connectivity index (χ2n) is 4.52. The van der Waals surface area contributed by atoms with Gasteiger partial charge in [0.15, 0.2) is 4.38 Å². The third kappa shape index (κ3) is 8.32. The average Bonchev–Trinajstić information content (AvgIpc) is 2.42. The van der Waals surface area contributed by atoms with Crippen LogP contribution in [0.3, 0.4) is 0 Å². The van der Waals surface area contributed by atoms with Crippen LogP contribution in [0.1, 0.15) is 20.3 Å². The Bertz CT molecular complexity index is 405. The van der Waals surface area contributed by atoms with Crippen LogP contribution in [0.2, 0.25) is 0 Å². The van der Waals surface area contributed by atoms with Crippen molar-refractivity contribution in [1.82, 2.24) is 5.43 Å². The van der Waals surface area contributed by atoms with E-state index in [4.69, 9.17) is 0 Å². The Morgan fingerprint density at radius 2 is 2.15 bits per heavy atom. The van der Waals surface area contributed by atoms with E-state index < -0.39 is 10.8 Å². The molecule has 0 spiro atoms. The normalized spacial score (nSPS) is 16.7. The lowest BCUT2D eigenvalue weighted by Crippen LogP contribution is -2.16. The molecule has 0 bridgehead atoms. The van der Waals surface area contributed by atoms with Crippen molar-refractivity contribution in [1.29, 1.82) is 0 Å². The molecule has 0 fully saturated rings. The molecule has 2 unspecified atom stereocenters. The van der Waals surface area contributed by atoms with Gasteiger partial charge in [-0.05, 0) is 31.1 Å². The maximum Gasteiger partial charge on any atom is 0.155 e. The summed E-state index contributed by atoms with van der Waals surface area (Å²) in [6.45, 7) is 12.2. The Kier molecular flexibility index (Phi) is 10.4. The highest BCUT2D eigenvalue weighted by atomic mass is 32.2. The molecular formula is C14H25N3OS2. The molecule has 0 aliphatic rings. The van der Waals surface area contributed by atoms with Gasteiger partial charge in [0.1, 0.15) is 0 Å². The lowest BCUT2D eigenvalue weighted by molar-refractivity contribution is 0.507. The van der Waals surface area contributed by atoms with Crippen molar-refractivity contribution in [2.24, 2.45) is 16.0 Å². The fraction of sp³-hybridized carbons (Fsp3) is 0.571. The van der Waals surface area contributed by atoms with Gasteiger partial charge in [0.25, 0.3) is 0 Å². The highest BCUT2D eigenvalue weighted by molar-refractivity contribution is 8.32. The van der Waals surface area contributed by atoms with Crippen LogP contribution in [0.15, 0.2) is 34.9 Å². The first kappa shape index (κ1) is 19.1. The first-order valence-electron chi connectivity index (χ1n) is 6.42. The Morgan fingerprint density at radius 1 is 1.50 bits per heavy atom. The number of hydrazone groups is 1. The predicted molar refractivity (Wildman–Crippen MR) is 94.1 cm³/mol. The Labute approximate surface area is 129 Å². The second kappa shape index (κ2) is 10.9. The predicted octanol–water partition coefficient (Wildman–Crippen LogP) is 2.82. The Hall–Kier alpha value is -0.880. The minimum atomic E-state index is -1.01. The van der Waals surface area contributed by atoms with Crippen molar-refractivity contribution in [3.63, 3.8) is 0 Å². The van der Waals surface area contributed by atoms with Crippen molar-refractivity contribution in [2.75, 3.05) is 19.1 Å². The molecule has 0 aromatic heterocycles. The molecule has 0 rings (SSSR count). The number of hydrogen-bond acceptors (Lipinski definition) is 5. The van der Waals surface area contributed by atoms with Crippen molar-refractivity contribution in [3.8, 4) is 0 Å². The van der Waals surface area contributed by atoms with Crippen molar-refractivity contribution >= 4 is 33.2 Å². The summed E-state index contributed by atoms with van der Waals surface area (Å²) in [5.41, 5.74) is 3.82. The number of nitrogens with one attached hydrogen (secondary N) is 1. The fourth-order valence-electron chi connectivity index (χ4n) is 1.24. The summed E-state index contributed by atoms with van der Waals surface area (Å²) in [7, 11) is -1.01. The quantitative estimate of drug-likeness (QED) is 0.324. The molecule has 3 atom stereocenters. The zero-order valence-corrected chi connectivity index (χ0v) is 14.4. The minimum absolute atomic E-state index is 0.121. The zero-order chi connectivity index (χ0) is 15.5. The highest BCUT2D eigenvalue weighted by Gasteiger charge is 2.12. The van der Waals surface area contributed by atoms with E-state index in [2.05, 4.69) is 35.6 Å². The number of rotatable bonds is 8. The fourth-order valence-corrected chi connectivity index (χ4v) is 2.76. The number of nitrogens with zero attached hydrogens (tertiary/aromatic N) is 2. The molecule has 20 heavy (non-hydrogen) atoms. The van der Waals surface area contributed by atoms with Crippen molar-refractivity contribution in [3.05, 3.63) is 24.8 Å². The Balaban J connectivity index is 4.23. The summed E-state index contributed by atoms with van der Waals surface area (Å²) in [6, 6.07) is 0.121. The lowest BCUT2D eigenvalue weighted by atomic mass is 10.0. The highest BCUT2D eigenvalue weighted by Crippen LogP contribution is 2.13. The van der Waals surface area contributed by atoms with Crippen molar-refractivity contribution < 1.29 is 4.21 Å². The molecule has 0 aromatic rings. The second-order valence-corrected chi connectivity index (χ2v) is 6.86. The molecule has 0 amide bonds. The van der Waals surface area contributed by atoms with Gasteiger partial charge < -0.3 is 5.43 Å². The van der Waals surface area contributed by atoms with Crippen LogP contribution < -0.4 is 5.43 Å². The lowest BCUT2D eigenvalue weighted by Gasteiger charge is -2.14. The molecule has 6 heteroatoms. The number of aliphatic imine (C=N–C) groups is 1. The topological polar surface area (TPSA) is 53.8 Å². The summed E-state index contributed by atoms with van der Waals surface area (Å²) in [5, 5.41) is 4.12. The van der Waals surface area contributed by atoms with E-state index in [0.29, 0.717) is 16.8 Å². The molecule has 0 saturated heterocycles. The zero-order valence-electron chi connectivity index (χ0n) is 12.8. The molecule has 0 aliphatic carbocycles. The molecule has 0 heterocycles. The SMILES string of the molecule is C=CC(=C)CN/N=C\C[C@H](C)C(C)N=C(SC)S(C)=O. The molecule has 0 aliphatic heterocycles. The van der Waals surface area contributed by atoms with Crippen LogP contribution in [0.25, 0.3) is 0 Å². The molecule has 0 radical (unpaired) electrons. The van der Waals surface area contributed by atoms with Gasteiger partial charge in [-0.3, -0.25) is 9.20 Å². The summed E-state index contributed by atoms with van der Waals surface area (Å²) in [4.78, 5) is 4.50. The van der Waals surface area contributed by atoms with Gasteiger partial charge in [-0.2, -0.15) is 5.10 Å². The van der Waals surface area contributed by atoms with E-state index in [0.717, 1.165) is 12.0 Å². The van der Waals surface area contributed by atoms with Gasteiger partial charge in [0.2, 0.25) is 0 Å². The summed E-state index contributed by atoms with van der Waals surface area (Å²) >= 11 is 1.45. The van der Waals surface area contributed by atoms with Gasteiger partial charge in [0.05, 0.1) is 23.4 Å². The standard InChI is InChI=1S/C14H25N3OS2/c1-7-11(2)10-16-15-9-8-12(3)13(4)17-14(19-5)20(6)18/h7,9,12-13,16H,1-2,8,10H2,3-6H3/b15-9-,17-14?/t12-,13?,20?/m0/s1.